The first kappa shape index (κ1) is 11.7. The zero-order valence-corrected chi connectivity index (χ0v) is 11.1. The molecule has 2 aliphatic rings. The number of anilines is 1. The lowest BCUT2D eigenvalue weighted by atomic mass is 9.77. The van der Waals surface area contributed by atoms with Crippen molar-refractivity contribution in [2.24, 2.45) is 5.92 Å². The number of benzene rings is 2. The van der Waals surface area contributed by atoms with Gasteiger partial charge >= 0.3 is 0 Å². The van der Waals surface area contributed by atoms with Crippen molar-refractivity contribution in [3.8, 4) is 0 Å². The topological polar surface area (TPSA) is 12.0 Å². The molecule has 1 aliphatic heterocycles. The average Bonchev–Trinajstić information content (AvgIpc) is 2.97. The fourth-order valence-corrected chi connectivity index (χ4v) is 3.58. The molecule has 4 rings (SSSR count). The van der Waals surface area contributed by atoms with Crippen molar-refractivity contribution in [2.45, 2.75) is 18.4 Å². The summed E-state index contributed by atoms with van der Waals surface area (Å²) in [7, 11) is 0. The van der Waals surface area contributed by atoms with Gasteiger partial charge in [0.2, 0.25) is 0 Å². The maximum atomic E-state index is 14.1. The van der Waals surface area contributed by atoms with Crippen LogP contribution in [0.5, 0.6) is 0 Å². The van der Waals surface area contributed by atoms with E-state index in [1.54, 1.807) is 12.1 Å². The number of allylic oxidation sites excluding steroid dienone is 2. The Morgan fingerprint density at radius 3 is 2.55 bits per heavy atom. The second kappa shape index (κ2) is 4.48. The fraction of sp³-hybridized carbons (Fsp3) is 0.222. The highest BCUT2D eigenvalue weighted by atomic mass is 19.1. The Bertz CT molecular complexity index is 677. The Morgan fingerprint density at radius 2 is 1.70 bits per heavy atom. The smallest absolute Gasteiger partial charge is 0.128 e. The number of halogens is 1. The molecule has 0 saturated carbocycles. The van der Waals surface area contributed by atoms with Crippen molar-refractivity contribution in [1.29, 1.82) is 0 Å². The lowest BCUT2D eigenvalue weighted by Gasteiger charge is -2.37. The predicted octanol–water partition coefficient (Wildman–Crippen LogP) is 4.65. The van der Waals surface area contributed by atoms with Gasteiger partial charge < -0.3 is 5.32 Å². The first-order valence-electron chi connectivity index (χ1n) is 7.11. The number of hydrogen-bond acceptors (Lipinski definition) is 1. The number of fused-ring (bicyclic) bond motifs is 3. The number of para-hydroxylation sites is 1. The van der Waals surface area contributed by atoms with Crippen LogP contribution in [0.3, 0.4) is 0 Å². The second-order valence-corrected chi connectivity index (χ2v) is 5.58. The van der Waals surface area contributed by atoms with E-state index in [1.165, 1.54) is 5.56 Å². The number of hydrogen-bond donors (Lipinski definition) is 1. The maximum Gasteiger partial charge on any atom is 0.128 e. The van der Waals surface area contributed by atoms with E-state index >= 15 is 0 Å². The molecule has 3 atom stereocenters. The van der Waals surface area contributed by atoms with Crippen LogP contribution in [0.4, 0.5) is 10.1 Å². The summed E-state index contributed by atoms with van der Waals surface area (Å²) < 4.78 is 14.1. The lowest BCUT2D eigenvalue weighted by Crippen LogP contribution is -2.29. The van der Waals surface area contributed by atoms with Gasteiger partial charge in [-0.25, -0.2) is 4.39 Å². The third-order valence-electron chi connectivity index (χ3n) is 4.51. The molecule has 0 amide bonds. The normalized spacial score (nSPS) is 26.8. The summed E-state index contributed by atoms with van der Waals surface area (Å²) in [5.41, 5.74) is 3.24. The van der Waals surface area contributed by atoms with Gasteiger partial charge in [-0.3, -0.25) is 0 Å². The summed E-state index contributed by atoms with van der Waals surface area (Å²) in [5, 5.41) is 3.55. The van der Waals surface area contributed by atoms with E-state index in [9.17, 15) is 4.39 Å². The predicted molar refractivity (Wildman–Crippen MR) is 79.2 cm³/mol. The van der Waals surface area contributed by atoms with E-state index in [2.05, 4.69) is 35.7 Å². The molecule has 2 aromatic carbocycles. The van der Waals surface area contributed by atoms with Gasteiger partial charge in [0.1, 0.15) is 5.82 Å². The fourth-order valence-electron chi connectivity index (χ4n) is 3.58. The number of rotatable bonds is 1. The van der Waals surface area contributed by atoms with Crippen LogP contribution in [0.1, 0.15) is 29.5 Å². The van der Waals surface area contributed by atoms with Crippen LogP contribution >= 0.6 is 0 Å². The Kier molecular flexibility index (Phi) is 2.62. The molecule has 2 heteroatoms. The minimum absolute atomic E-state index is 0.0473. The quantitative estimate of drug-likeness (QED) is 0.740. The van der Waals surface area contributed by atoms with Gasteiger partial charge in [-0.1, -0.05) is 48.6 Å². The van der Waals surface area contributed by atoms with E-state index in [4.69, 9.17) is 0 Å². The third kappa shape index (κ3) is 1.68. The summed E-state index contributed by atoms with van der Waals surface area (Å²) in [5.74, 6) is 0.689. The van der Waals surface area contributed by atoms with Crippen LogP contribution in [0.15, 0.2) is 60.7 Å². The highest BCUT2D eigenvalue weighted by molar-refractivity contribution is 5.59. The third-order valence-corrected chi connectivity index (χ3v) is 4.51. The van der Waals surface area contributed by atoms with Gasteiger partial charge in [-0.2, -0.15) is 0 Å². The zero-order valence-electron chi connectivity index (χ0n) is 11.1. The molecule has 100 valence electrons. The minimum atomic E-state index is -0.116. The van der Waals surface area contributed by atoms with Gasteiger partial charge in [0, 0.05) is 17.2 Å². The standard InChI is InChI=1S/C18H16FN/c19-16-10-3-1-7-15(16)18-14-9-5-8-12(14)13-6-2-4-11-17(13)20-18/h1-8,10-12,14,18,20H,9H2/t12-,14-,18-/m1/s1. The highest BCUT2D eigenvalue weighted by Gasteiger charge is 2.38. The molecule has 0 spiro atoms. The van der Waals surface area contributed by atoms with Crippen LogP contribution in [0.25, 0.3) is 0 Å². The van der Waals surface area contributed by atoms with Crippen LogP contribution in [0, 0.1) is 11.7 Å². The van der Waals surface area contributed by atoms with Gasteiger partial charge in [0.05, 0.1) is 6.04 Å². The van der Waals surface area contributed by atoms with Crippen LogP contribution in [0.2, 0.25) is 0 Å². The summed E-state index contributed by atoms with van der Waals surface area (Å²) >= 11 is 0. The molecule has 0 bridgehead atoms. The Morgan fingerprint density at radius 1 is 0.950 bits per heavy atom. The van der Waals surface area contributed by atoms with Crippen molar-refractivity contribution < 1.29 is 4.39 Å². The first-order valence-corrected chi connectivity index (χ1v) is 7.11. The molecule has 0 unspecified atom stereocenters. The Labute approximate surface area is 118 Å². The first-order chi connectivity index (χ1) is 9.84. The largest absolute Gasteiger partial charge is 0.378 e. The van der Waals surface area contributed by atoms with Crippen molar-refractivity contribution in [3.63, 3.8) is 0 Å². The molecular weight excluding hydrogens is 249 g/mol. The van der Waals surface area contributed by atoms with Crippen molar-refractivity contribution in [3.05, 3.63) is 77.6 Å². The van der Waals surface area contributed by atoms with Gasteiger partial charge in [-0.05, 0) is 30.0 Å². The summed E-state index contributed by atoms with van der Waals surface area (Å²) in [4.78, 5) is 0. The highest BCUT2D eigenvalue weighted by Crippen LogP contribution is 2.49. The van der Waals surface area contributed by atoms with E-state index in [0.717, 1.165) is 17.7 Å². The molecule has 20 heavy (non-hydrogen) atoms. The summed E-state index contributed by atoms with van der Waals surface area (Å²) in [6, 6.07) is 15.5. The summed E-state index contributed by atoms with van der Waals surface area (Å²) in [6.07, 6.45) is 5.51. The molecular formula is C18H16FN. The number of nitrogens with one attached hydrogen (secondary N) is 1. The van der Waals surface area contributed by atoms with Gasteiger partial charge in [-0.15, -0.1) is 0 Å². The molecule has 1 N–H and O–H groups in total. The lowest BCUT2D eigenvalue weighted by molar-refractivity contribution is 0.413. The second-order valence-electron chi connectivity index (χ2n) is 5.58. The molecule has 0 aromatic heterocycles. The molecule has 0 radical (unpaired) electrons. The van der Waals surface area contributed by atoms with E-state index in [-0.39, 0.29) is 11.9 Å². The van der Waals surface area contributed by atoms with E-state index in [1.807, 2.05) is 18.2 Å². The summed E-state index contributed by atoms with van der Waals surface area (Å²) in [6.45, 7) is 0. The van der Waals surface area contributed by atoms with Crippen LogP contribution < -0.4 is 5.32 Å². The molecule has 1 aliphatic carbocycles. The molecule has 1 heterocycles. The SMILES string of the molecule is Fc1ccccc1[C@@H]1Nc2ccccc2[C@H]2C=CC[C@H]21. The zero-order chi connectivity index (χ0) is 13.5. The van der Waals surface area contributed by atoms with Crippen molar-refractivity contribution in [1.82, 2.24) is 0 Å². The molecule has 1 nitrogen and oxygen atoms in total. The Balaban J connectivity index is 1.82. The van der Waals surface area contributed by atoms with Crippen molar-refractivity contribution >= 4 is 5.69 Å². The molecule has 0 saturated heterocycles. The monoisotopic (exact) mass is 265 g/mol. The van der Waals surface area contributed by atoms with E-state index in [0.29, 0.717) is 11.8 Å². The van der Waals surface area contributed by atoms with Gasteiger partial charge in [0.25, 0.3) is 0 Å². The molecule has 2 aromatic rings. The molecule has 0 fully saturated rings. The van der Waals surface area contributed by atoms with Crippen molar-refractivity contribution in [2.75, 3.05) is 5.32 Å². The van der Waals surface area contributed by atoms with Crippen LogP contribution in [-0.2, 0) is 0 Å². The van der Waals surface area contributed by atoms with Gasteiger partial charge in [0.15, 0.2) is 0 Å². The average molecular weight is 265 g/mol. The minimum Gasteiger partial charge on any atom is -0.378 e. The van der Waals surface area contributed by atoms with Crippen LogP contribution in [-0.4, -0.2) is 0 Å². The Hall–Kier alpha value is -2.09. The maximum absolute atomic E-state index is 14.1. The van der Waals surface area contributed by atoms with E-state index < -0.39 is 0 Å².